The zero-order valence-corrected chi connectivity index (χ0v) is 15.0. The van der Waals surface area contributed by atoms with Gasteiger partial charge in [-0.1, -0.05) is 54.6 Å². The minimum absolute atomic E-state index is 0. The Balaban J connectivity index is 0.00000144. The fourth-order valence-electron chi connectivity index (χ4n) is 1.90. The van der Waals surface area contributed by atoms with Crippen molar-refractivity contribution in [3.63, 3.8) is 0 Å². The van der Waals surface area contributed by atoms with Crippen LogP contribution in [0.1, 0.15) is 1.43 Å². The largest absolute Gasteiger partial charge is 1.00 e. The van der Waals surface area contributed by atoms with Crippen LogP contribution in [0, 0.1) is 0 Å². The Morgan fingerprint density at radius 2 is 0.739 bits per heavy atom. The van der Waals surface area contributed by atoms with E-state index in [4.69, 9.17) is 14.0 Å². The van der Waals surface area contributed by atoms with Crippen LogP contribution in [0.5, 0.6) is 17.2 Å². The van der Waals surface area contributed by atoms with Crippen LogP contribution in [0.15, 0.2) is 91.0 Å². The van der Waals surface area contributed by atoms with Crippen LogP contribution in [0.2, 0.25) is 0 Å². The first-order valence-corrected chi connectivity index (χ1v) is 7.05. The maximum Gasteiger partial charge on any atom is 1.00 e. The number of benzene rings is 3. The molecule has 0 aliphatic carbocycles. The van der Waals surface area contributed by atoms with E-state index in [2.05, 4.69) is 0 Å². The van der Waals surface area contributed by atoms with E-state index in [0.29, 0.717) is 17.2 Å². The average Bonchev–Trinajstić information content (AvgIpc) is 2.57. The van der Waals surface area contributed by atoms with Gasteiger partial charge in [0.2, 0.25) is 0 Å². The summed E-state index contributed by atoms with van der Waals surface area (Å²) in [7, 11) is -0.868. The van der Waals surface area contributed by atoms with Gasteiger partial charge >= 0.3 is 36.9 Å². The summed E-state index contributed by atoms with van der Waals surface area (Å²) in [5.41, 5.74) is 0. The summed E-state index contributed by atoms with van der Waals surface area (Å²) in [5, 5.41) is 0. The van der Waals surface area contributed by atoms with Gasteiger partial charge in [-0.25, -0.2) is 0 Å². The molecule has 110 valence electrons. The molecular formula is C18H16BNaO3. The van der Waals surface area contributed by atoms with Crippen molar-refractivity contribution >= 4 is 7.32 Å². The van der Waals surface area contributed by atoms with E-state index >= 15 is 0 Å². The molecule has 0 radical (unpaired) electrons. The molecule has 0 amide bonds. The summed E-state index contributed by atoms with van der Waals surface area (Å²) in [5.74, 6) is 2.04. The third kappa shape index (κ3) is 5.68. The summed E-state index contributed by atoms with van der Waals surface area (Å²) < 4.78 is 17.3. The number of para-hydroxylation sites is 3. The molecule has 0 fully saturated rings. The molecule has 3 aromatic rings. The van der Waals surface area contributed by atoms with Gasteiger partial charge in [0, 0.05) is 0 Å². The van der Waals surface area contributed by atoms with Crippen molar-refractivity contribution in [1.29, 1.82) is 0 Å². The number of rotatable bonds is 6. The molecule has 3 nitrogen and oxygen atoms in total. The first-order chi connectivity index (χ1) is 10.9. The van der Waals surface area contributed by atoms with Crippen molar-refractivity contribution in [1.82, 2.24) is 0 Å². The molecule has 0 aliphatic rings. The maximum atomic E-state index is 5.78. The molecule has 0 heterocycles. The van der Waals surface area contributed by atoms with Crippen molar-refractivity contribution in [3.05, 3.63) is 91.0 Å². The van der Waals surface area contributed by atoms with Crippen LogP contribution in [0.3, 0.4) is 0 Å². The zero-order valence-electron chi connectivity index (χ0n) is 14.0. The standard InChI is InChI=1S/C18H15BO3.Na.H/c1-4-10-16(11-5-1)20-19(21-17-12-6-2-7-13-17)22-18-14-8-3-9-15-18;;/h1-15H;;/q;+1;-1. The molecule has 3 rings (SSSR count). The minimum atomic E-state index is -0.868. The molecular weight excluding hydrogens is 298 g/mol. The van der Waals surface area contributed by atoms with Gasteiger partial charge < -0.3 is 15.4 Å². The summed E-state index contributed by atoms with van der Waals surface area (Å²) in [6.45, 7) is 0. The Labute approximate surface area is 160 Å². The van der Waals surface area contributed by atoms with Crippen molar-refractivity contribution in [2.45, 2.75) is 0 Å². The molecule has 0 atom stereocenters. The molecule has 3 aromatic carbocycles. The quantitative estimate of drug-likeness (QED) is 0.643. The summed E-state index contributed by atoms with van der Waals surface area (Å²) in [6, 6.07) is 28.3. The third-order valence-electron chi connectivity index (χ3n) is 2.93. The molecule has 0 saturated heterocycles. The molecule has 0 saturated carbocycles. The molecule has 0 aromatic heterocycles. The summed E-state index contributed by atoms with van der Waals surface area (Å²) in [4.78, 5) is 0. The SMILES string of the molecule is [H-].[Na+].c1ccc(OB(Oc2ccccc2)Oc2ccccc2)cc1. The predicted molar refractivity (Wildman–Crippen MR) is 88.1 cm³/mol. The molecule has 0 aliphatic heterocycles. The molecule has 0 unspecified atom stereocenters. The van der Waals surface area contributed by atoms with Gasteiger partial charge in [0.1, 0.15) is 17.2 Å². The fourth-order valence-corrected chi connectivity index (χ4v) is 1.90. The Kier molecular flexibility index (Phi) is 7.07. The van der Waals surface area contributed by atoms with Crippen LogP contribution in [0.25, 0.3) is 0 Å². The minimum Gasteiger partial charge on any atom is -1.00 e. The zero-order chi connectivity index (χ0) is 15.0. The van der Waals surface area contributed by atoms with Gasteiger partial charge in [-0.2, -0.15) is 0 Å². The van der Waals surface area contributed by atoms with Crippen LogP contribution >= 0.6 is 0 Å². The normalized spacial score (nSPS) is 9.39. The average molecular weight is 314 g/mol. The van der Waals surface area contributed by atoms with Crippen molar-refractivity contribution < 1.29 is 44.9 Å². The van der Waals surface area contributed by atoms with Crippen LogP contribution in [0.4, 0.5) is 0 Å². The van der Waals surface area contributed by atoms with E-state index in [1.54, 1.807) is 0 Å². The van der Waals surface area contributed by atoms with Gasteiger partial charge in [-0.3, -0.25) is 0 Å². The molecule has 5 heteroatoms. The van der Waals surface area contributed by atoms with Crippen LogP contribution < -0.4 is 43.5 Å². The topological polar surface area (TPSA) is 27.7 Å². The second-order valence-electron chi connectivity index (χ2n) is 4.58. The van der Waals surface area contributed by atoms with E-state index in [9.17, 15) is 0 Å². The Bertz CT molecular complexity index is 588. The molecule has 0 bridgehead atoms. The third-order valence-corrected chi connectivity index (χ3v) is 2.93. The summed E-state index contributed by atoms with van der Waals surface area (Å²) >= 11 is 0. The van der Waals surface area contributed by atoms with Crippen molar-refractivity contribution in [3.8, 4) is 17.2 Å². The first-order valence-electron chi connectivity index (χ1n) is 7.05. The van der Waals surface area contributed by atoms with Gasteiger partial charge in [-0.15, -0.1) is 0 Å². The van der Waals surface area contributed by atoms with Crippen LogP contribution in [-0.4, -0.2) is 7.32 Å². The van der Waals surface area contributed by atoms with E-state index in [1.165, 1.54) is 0 Å². The smallest absolute Gasteiger partial charge is 1.00 e. The first kappa shape index (κ1) is 17.5. The Morgan fingerprint density at radius 3 is 1.00 bits per heavy atom. The monoisotopic (exact) mass is 314 g/mol. The van der Waals surface area contributed by atoms with Gasteiger partial charge in [0.05, 0.1) is 0 Å². The van der Waals surface area contributed by atoms with Crippen molar-refractivity contribution in [2.24, 2.45) is 0 Å². The molecule has 23 heavy (non-hydrogen) atoms. The number of hydrogen-bond donors (Lipinski definition) is 0. The Hall–Kier alpha value is -1.88. The number of hydrogen-bond acceptors (Lipinski definition) is 3. The van der Waals surface area contributed by atoms with Crippen LogP contribution in [-0.2, 0) is 0 Å². The van der Waals surface area contributed by atoms with Gasteiger partial charge in [0.15, 0.2) is 0 Å². The van der Waals surface area contributed by atoms with E-state index < -0.39 is 7.32 Å². The summed E-state index contributed by atoms with van der Waals surface area (Å²) in [6.07, 6.45) is 0. The maximum absolute atomic E-state index is 5.78. The van der Waals surface area contributed by atoms with Crippen molar-refractivity contribution in [2.75, 3.05) is 0 Å². The van der Waals surface area contributed by atoms with E-state index in [-0.39, 0.29) is 31.0 Å². The van der Waals surface area contributed by atoms with E-state index in [0.717, 1.165) is 0 Å². The predicted octanol–water partition coefficient (Wildman–Crippen LogP) is 1.32. The van der Waals surface area contributed by atoms with E-state index in [1.807, 2.05) is 91.0 Å². The van der Waals surface area contributed by atoms with Gasteiger partial charge in [-0.05, 0) is 36.4 Å². The second kappa shape index (κ2) is 9.31. The molecule has 0 spiro atoms. The molecule has 0 N–H and O–H groups in total. The second-order valence-corrected chi connectivity index (χ2v) is 4.58. The Morgan fingerprint density at radius 1 is 0.478 bits per heavy atom. The van der Waals surface area contributed by atoms with Gasteiger partial charge in [0.25, 0.3) is 0 Å². The fraction of sp³-hybridized carbons (Fsp3) is 0.